The zero-order valence-electron chi connectivity index (χ0n) is 17.4. The third-order valence-corrected chi connectivity index (χ3v) is 6.62. The number of nitrogens with one attached hydrogen (secondary N) is 1. The molecule has 0 fully saturated rings. The van der Waals surface area contributed by atoms with Crippen LogP contribution in [0.15, 0.2) is 82.2 Å². The first kappa shape index (κ1) is 22.4. The molecule has 0 radical (unpaired) electrons. The Morgan fingerprint density at radius 3 is 2.07 bits per heavy atom. The molecule has 1 amide bonds. The Hall–Kier alpha value is -2.24. The second kappa shape index (κ2) is 10.2. The topological polar surface area (TPSA) is 38.3 Å². The minimum atomic E-state index is -0.0364. The molecule has 3 aromatic carbocycles. The summed E-state index contributed by atoms with van der Waals surface area (Å²) in [6, 6.07) is 23.6. The van der Waals surface area contributed by atoms with Gasteiger partial charge in [0, 0.05) is 15.1 Å². The van der Waals surface area contributed by atoms with Crippen molar-refractivity contribution in [3.8, 4) is 11.5 Å². The van der Waals surface area contributed by atoms with Gasteiger partial charge in [0.1, 0.15) is 11.5 Å². The summed E-state index contributed by atoms with van der Waals surface area (Å²) in [6.45, 7) is 6.69. The first-order valence-corrected chi connectivity index (χ1v) is 11.7. The van der Waals surface area contributed by atoms with Gasteiger partial charge in [0.2, 0.25) is 5.91 Å². The predicted octanol–water partition coefficient (Wildman–Crippen LogP) is 7.66. The molecule has 0 spiro atoms. The summed E-state index contributed by atoms with van der Waals surface area (Å²) < 4.78 is 6.96. The van der Waals surface area contributed by atoms with Gasteiger partial charge in [-0.25, -0.2) is 0 Å². The van der Waals surface area contributed by atoms with Crippen molar-refractivity contribution in [1.82, 2.24) is 0 Å². The minimum Gasteiger partial charge on any atom is -0.457 e. The zero-order chi connectivity index (χ0) is 21.6. The summed E-state index contributed by atoms with van der Waals surface area (Å²) >= 11 is 4.92. The van der Waals surface area contributed by atoms with Gasteiger partial charge in [0.25, 0.3) is 0 Å². The standard InChI is InChI=1S/C25H26BrNO2S/c1-4-25(2,3)18-5-11-21(12-6-18)29-22-13-9-20(10-14-22)27-24(28)17-30-23-15-7-19(26)8-16-23/h5-16H,4,17H2,1-3H3,(H,27,28). The lowest BCUT2D eigenvalue weighted by Gasteiger charge is -2.23. The molecule has 0 saturated heterocycles. The van der Waals surface area contributed by atoms with Crippen LogP contribution < -0.4 is 10.1 Å². The molecule has 3 nitrogen and oxygen atoms in total. The fraction of sp³-hybridized carbons (Fsp3) is 0.240. The molecule has 0 atom stereocenters. The maximum Gasteiger partial charge on any atom is 0.234 e. The van der Waals surface area contributed by atoms with Gasteiger partial charge < -0.3 is 10.1 Å². The van der Waals surface area contributed by atoms with Crippen LogP contribution in [0.3, 0.4) is 0 Å². The molecule has 0 aromatic heterocycles. The number of anilines is 1. The fourth-order valence-electron chi connectivity index (χ4n) is 2.80. The van der Waals surface area contributed by atoms with Gasteiger partial charge in [-0.3, -0.25) is 4.79 Å². The van der Waals surface area contributed by atoms with Crippen LogP contribution >= 0.6 is 27.7 Å². The molecule has 0 bridgehead atoms. The first-order chi connectivity index (χ1) is 14.4. The van der Waals surface area contributed by atoms with Gasteiger partial charge in [-0.2, -0.15) is 0 Å². The Labute approximate surface area is 191 Å². The SMILES string of the molecule is CCC(C)(C)c1ccc(Oc2ccc(NC(=O)CSc3ccc(Br)cc3)cc2)cc1. The Bertz CT molecular complexity index is 968. The van der Waals surface area contributed by atoms with Gasteiger partial charge in [0.05, 0.1) is 5.75 Å². The van der Waals surface area contributed by atoms with Crippen LogP contribution in [0.4, 0.5) is 5.69 Å². The highest BCUT2D eigenvalue weighted by molar-refractivity contribution is 9.10. The van der Waals surface area contributed by atoms with Crippen molar-refractivity contribution in [1.29, 1.82) is 0 Å². The van der Waals surface area contributed by atoms with Crippen LogP contribution in [0, 0.1) is 0 Å². The summed E-state index contributed by atoms with van der Waals surface area (Å²) in [5, 5.41) is 2.92. The van der Waals surface area contributed by atoms with Crippen LogP contribution in [-0.2, 0) is 10.2 Å². The molecule has 30 heavy (non-hydrogen) atoms. The Morgan fingerprint density at radius 2 is 1.50 bits per heavy atom. The monoisotopic (exact) mass is 483 g/mol. The van der Waals surface area contributed by atoms with Crippen LogP contribution in [0.2, 0.25) is 0 Å². The number of rotatable bonds is 8. The molecule has 0 aliphatic heterocycles. The van der Waals surface area contributed by atoms with Crippen LogP contribution in [0.1, 0.15) is 32.8 Å². The Morgan fingerprint density at radius 1 is 0.933 bits per heavy atom. The van der Waals surface area contributed by atoms with Crippen molar-refractivity contribution in [2.45, 2.75) is 37.5 Å². The lowest BCUT2D eigenvalue weighted by molar-refractivity contribution is -0.113. The Balaban J connectivity index is 1.52. The number of hydrogen-bond acceptors (Lipinski definition) is 3. The maximum absolute atomic E-state index is 12.2. The summed E-state index contributed by atoms with van der Waals surface area (Å²) in [4.78, 5) is 13.3. The van der Waals surface area contributed by atoms with Gasteiger partial charge >= 0.3 is 0 Å². The van der Waals surface area contributed by atoms with Crippen LogP contribution in [-0.4, -0.2) is 11.7 Å². The summed E-state index contributed by atoms with van der Waals surface area (Å²) in [6.07, 6.45) is 1.09. The molecule has 1 N–H and O–H groups in total. The maximum atomic E-state index is 12.2. The van der Waals surface area contributed by atoms with Crippen molar-refractivity contribution in [2.75, 3.05) is 11.1 Å². The number of amides is 1. The third-order valence-electron chi connectivity index (χ3n) is 5.08. The third kappa shape index (κ3) is 6.38. The largest absolute Gasteiger partial charge is 0.457 e. The highest BCUT2D eigenvalue weighted by Gasteiger charge is 2.17. The van der Waals surface area contributed by atoms with E-state index in [1.165, 1.54) is 17.3 Å². The zero-order valence-corrected chi connectivity index (χ0v) is 19.8. The highest BCUT2D eigenvalue weighted by atomic mass is 79.9. The number of hydrogen-bond donors (Lipinski definition) is 1. The summed E-state index contributed by atoms with van der Waals surface area (Å²) in [7, 11) is 0. The van der Waals surface area contributed by atoms with E-state index >= 15 is 0 Å². The van der Waals surface area contributed by atoms with Gasteiger partial charge in [-0.05, 0) is 78.1 Å². The van der Waals surface area contributed by atoms with Crippen LogP contribution in [0.5, 0.6) is 11.5 Å². The highest BCUT2D eigenvalue weighted by Crippen LogP contribution is 2.30. The van der Waals surface area contributed by atoms with E-state index in [4.69, 9.17) is 4.74 Å². The average Bonchev–Trinajstić information content (AvgIpc) is 2.75. The van der Waals surface area contributed by atoms with Crippen molar-refractivity contribution >= 4 is 39.3 Å². The molecule has 0 heterocycles. The van der Waals surface area contributed by atoms with Gasteiger partial charge in [-0.15, -0.1) is 11.8 Å². The van der Waals surface area contributed by atoms with E-state index in [1.807, 2.05) is 60.7 Å². The summed E-state index contributed by atoms with van der Waals surface area (Å²) in [5.41, 5.74) is 2.22. The lowest BCUT2D eigenvalue weighted by atomic mass is 9.82. The molecule has 0 saturated carbocycles. The Kier molecular flexibility index (Phi) is 7.62. The van der Waals surface area contributed by atoms with E-state index in [0.717, 1.165) is 33.0 Å². The molecular formula is C25H26BrNO2S. The second-order valence-corrected chi connectivity index (χ2v) is 9.64. The van der Waals surface area contributed by atoms with E-state index in [-0.39, 0.29) is 11.3 Å². The fourth-order valence-corrected chi connectivity index (χ4v) is 3.76. The quantitative estimate of drug-likeness (QED) is 0.334. The lowest BCUT2D eigenvalue weighted by Crippen LogP contribution is -2.14. The van der Waals surface area contributed by atoms with E-state index in [9.17, 15) is 4.79 Å². The van der Waals surface area contributed by atoms with Crippen LogP contribution in [0.25, 0.3) is 0 Å². The molecule has 0 aliphatic rings. The molecule has 0 unspecified atom stereocenters. The first-order valence-electron chi connectivity index (χ1n) is 9.92. The van der Waals surface area contributed by atoms with Gasteiger partial charge in [-0.1, -0.05) is 48.8 Å². The van der Waals surface area contributed by atoms with E-state index in [1.54, 1.807) is 0 Å². The normalized spacial score (nSPS) is 11.2. The van der Waals surface area contributed by atoms with Crippen molar-refractivity contribution in [2.24, 2.45) is 0 Å². The second-order valence-electron chi connectivity index (χ2n) is 7.68. The minimum absolute atomic E-state index is 0.0364. The summed E-state index contributed by atoms with van der Waals surface area (Å²) in [5.74, 6) is 1.86. The van der Waals surface area contributed by atoms with E-state index < -0.39 is 0 Å². The van der Waals surface area contributed by atoms with E-state index in [2.05, 4.69) is 54.2 Å². The predicted molar refractivity (Wildman–Crippen MR) is 130 cm³/mol. The molecule has 3 rings (SSSR count). The van der Waals surface area contributed by atoms with Crippen molar-refractivity contribution < 1.29 is 9.53 Å². The number of thioether (sulfide) groups is 1. The number of carbonyl (C=O) groups excluding carboxylic acids is 1. The van der Waals surface area contributed by atoms with Crippen molar-refractivity contribution in [3.63, 3.8) is 0 Å². The van der Waals surface area contributed by atoms with Gasteiger partial charge in [0.15, 0.2) is 0 Å². The smallest absolute Gasteiger partial charge is 0.234 e. The number of carbonyl (C=O) groups is 1. The molecule has 0 aliphatic carbocycles. The molecular weight excluding hydrogens is 458 g/mol. The molecule has 156 valence electrons. The number of halogens is 1. The molecule has 5 heteroatoms. The number of benzene rings is 3. The van der Waals surface area contributed by atoms with E-state index in [0.29, 0.717) is 5.75 Å². The van der Waals surface area contributed by atoms with Crippen molar-refractivity contribution in [3.05, 3.63) is 82.8 Å². The number of ether oxygens (including phenoxy) is 1. The molecule has 3 aromatic rings. The average molecular weight is 484 g/mol.